The summed E-state index contributed by atoms with van der Waals surface area (Å²) >= 11 is 0. The van der Waals surface area contributed by atoms with Crippen LogP contribution >= 0.6 is 0 Å². The molecule has 0 amide bonds. The van der Waals surface area contributed by atoms with E-state index in [1.54, 1.807) is 0 Å². The molecule has 140 valence electrons. The zero-order valence-electron chi connectivity index (χ0n) is 16.8. The van der Waals surface area contributed by atoms with Crippen LogP contribution in [0.25, 0.3) is 39.0 Å². The number of rotatable bonds is 3. The first-order valence-corrected chi connectivity index (χ1v) is 10.1. The molecule has 0 spiro atoms. The maximum atomic E-state index is 2.42. The van der Waals surface area contributed by atoms with E-state index >= 15 is 0 Å². The van der Waals surface area contributed by atoms with Crippen molar-refractivity contribution in [2.24, 2.45) is 0 Å². The Bertz CT molecular complexity index is 1200. The molecule has 0 fully saturated rings. The molecule has 0 aliphatic carbocycles. The van der Waals surface area contributed by atoms with Crippen molar-refractivity contribution in [3.63, 3.8) is 0 Å². The highest BCUT2D eigenvalue weighted by atomic mass is 15.0. The topological polar surface area (TPSA) is 4.93 Å². The van der Waals surface area contributed by atoms with Crippen molar-refractivity contribution < 1.29 is 0 Å². The molecule has 0 saturated heterocycles. The third-order valence-corrected chi connectivity index (χ3v) is 5.71. The second-order valence-corrected chi connectivity index (χ2v) is 7.58. The molecular weight excluding hydrogens is 350 g/mol. The first kappa shape index (κ1) is 17.5. The SMILES string of the molecule is Cc1cc2c(-c3ccccc3)c(-c3ccccc3)n(-c3ccccc3)c2cc1C. The molecule has 1 heterocycles. The summed E-state index contributed by atoms with van der Waals surface area (Å²) in [5.74, 6) is 0. The first-order valence-electron chi connectivity index (χ1n) is 10.1. The van der Waals surface area contributed by atoms with Gasteiger partial charge < -0.3 is 4.57 Å². The Labute approximate surface area is 171 Å². The van der Waals surface area contributed by atoms with E-state index in [0.29, 0.717) is 0 Å². The lowest BCUT2D eigenvalue weighted by Crippen LogP contribution is -1.97. The van der Waals surface area contributed by atoms with E-state index < -0.39 is 0 Å². The van der Waals surface area contributed by atoms with Crippen LogP contribution in [0.3, 0.4) is 0 Å². The second kappa shape index (κ2) is 7.10. The zero-order chi connectivity index (χ0) is 19.8. The van der Waals surface area contributed by atoms with E-state index in [1.165, 1.54) is 50.1 Å². The molecule has 29 heavy (non-hydrogen) atoms. The van der Waals surface area contributed by atoms with Gasteiger partial charge in [-0.3, -0.25) is 0 Å². The summed E-state index contributed by atoms with van der Waals surface area (Å²) in [5, 5.41) is 1.29. The molecule has 5 aromatic rings. The van der Waals surface area contributed by atoms with Crippen molar-refractivity contribution in [1.29, 1.82) is 0 Å². The minimum absolute atomic E-state index is 1.18. The van der Waals surface area contributed by atoms with Crippen molar-refractivity contribution in [1.82, 2.24) is 4.57 Å². The number of nitrogens with zero attached hydrogens (tertiary/aromatic N) is 1. The van der Waals surface area contributed by atoms with Crippen molar-refractivity contribution in [2.75, 3.05) is 0 Å². The minimum Gasteiger partial charge on any atom is -0.309 e. The molecular formula is C28H23N. The van der Waals surface area contributed by atoms with E-state index in [2.05, 4.69) is 122 Å². The van der Waals surface area contributed by atoms with Crippen LogP contribution in [-0.4, -0.2) is 4.57 Å². The van der Waals surface area contributed by atoms with Gasteiger partial charge in [0.2, 0.25) is 0 Å². The second-order valence-electron chi connectivity index (χ2n) is 7.58. The van der Waals surface area contributed by atoms with Gasteiger partial charge in [0.05, 0.1) is 11.2 Å². The molecule has 0 radical (unpaired) electrons. The van der Waals surface area contributed by atoms with Crippen molar-refractivity contribution in [2.45, 2.75) is 13.8 Å². The lowest BCUT2D eigenvalue weighted by molar-refractivity contribution is 1.13. The molecule has 0 bridgehead atoms. The fourth-order valence-electron chi connectivity index (χ4n) is 4.16. The summed E-state index contributed by atoms with van der Waals surface area (Å²) in [6.07, 6.45) is 0. The molecule has 0 atom stereocenters. The maximum absolute atomic E-state index is 2.42. The number of aromatic nitrogens is 1. The monoisotopic (exact) mass is 373 g/mol. The summed E-state index contributed by atoms with van der Waals surface area (Å²) in [6, 6.07) is 36.8. The van der Waals surface area contributed by atoms with Crippen LogP contribution < -0.4 is 0 Å². The van der Waals surface area contributed by atoms with Gasteiger partial charge in [0, 0.05) is 16.6 Å². The van der Waals surface area contributed by atoms with E-state index in [-0.39, 0.29) is 0 Å². The average Bonchev–Trinajstić information content (AvgIpc) is 3.10. The molecule has 0 unspecified atom stereocenters. The van der Waals surface area contributed by atoms with Crippen molar-refractivity contribution >= 4 is 10.9 Å². The number of fused-ring (bicyclic) bond motifs is 1. The van der Waals surface area contributed by atoms with Crippen LogP contribution in [-0.2, 0) is 0 Å². The average molecular weight is 373 g/mol. The van der Waals surface area contributed by atoms with Crippen LogP contribution in [0.1, 0.15) is 11.1 Å². The third-order valence-electron chi connectivity index (χ3n) is 5.71. The normalized spacial score (nSPS) is 11.1. The highest BCUT2D eigenvalue weighted by Gasteiger charge is 2.21. The van der Waals surface area contributed by atoms with E-state index in [0.717, 1.165) is 0 Å². The predicted molar refractivity (Wildman–Crippen MR) is 124 cm³/mol. The Kier molecular flexibility index (Phi) is 4.29. The number of benzene rings is 4. The lowest BCUT2D eigenvalue weighted by atomic mass is 9.97. The van der Waals surface area contributed by atoms with Gasteiger partial charge in [0.25, 0.3) is 0 Å². The van der Waals surface area contributed by atoms with Crippen LogP contribution in [0.2, 0.25) is 0 Å². The first-order chi connectivity index (χ1) is 14.2. The molecule has 5 rings (SSSR count). The fraction of sp³-hybridized carbons (Fsp3) is 0.0714. The molecule has 1 heteroatoms. The Morgan fingerprint density at radius 3 is 1.69 bits per heavy atom. The lowest BCUT2D eigenvalue weighted by Gasteiger charge is -2.13. The molecule has 0 aliphatic rings. The molecule has 1 nitrogen and oxygen atoms in total. The van der Waals surface area contributed by atoms with Gasteiger partial charge in [0.15, 0.2) is 0 Å². The third kappa shape index (κ3) is 2.96. The van der Waals surface area contributed by atoms with Gasteiger partial charge in [-0.2, -0.15) is 0 Å². The highest BCUT2D eigenvalue weighted by molar-refractivity contribution is 6.06. The van der Waals surface area contributed by atoms with Gasteiger partial charge in [-0.25, -0.2) is 0 Å². The van der Waals surface area contributed by atoms with Crippen molar-refractivity contribution in [3.8, 4) is 28.1 Å². The summed E-state index contributed by atoms with van der Waals surface area (Å²) in [7, 11) is 0. The Morgan fingerprint density at radius 2 is 1.07 bits per heavy atom. The van der Waals surface area contributed by atoms with Gasteiger partial charge in [-0.05, 0) is 60.4 Å². The summed E-state index contributed by atoms with van der Waals surface area (Å²) in [6.45, 7) is 4.40. The van der Waals surface area contributed by atoms with Crippen LogP contribution in [0.4, 0.5) is 0 Å². The standard InChI is InChI=1S/C28H23N/c1-20-18-25-26(19-21(20)2)29(24-16-10-5-11-17-24)28(23-14-8-4-9-15-23)27(25)22-12-6-3-7-13-22/h3-19H,1-2H3. The van der Waals surface area contributed by atoms with Crippen LogP contribution in [0.15, 0.2) is 103 Å². The quantitative estimate of drug-likeness (QED) is 0.307. The number of hydrogen-bond donors (Lipinski definition) is 0. The highest BCUT2D eigenvalue weighted by Crippen LogP contribution is 2.43. The largest absolute Gasteiger partial charge is 0.309 e. The predicted octanol–water partition coefficient (Wildman–Crippen LogP) is 7.58. The summed E-state index contributed by atoms with van der Waals surface area (Å²) in [4.78, 5) is 0. The van der Waals surface area contributed by atoms with E-state index in [1.807, 2.05) is 0 Å². The van der Waals surface area contributed by atoms with Gasteiger partial charge >= 0.3 is 0 Å². The number of hydrogen-bond acceptors (Lipinski definition) is 0. The molecule has 0 aliphatic heterocycles. The zero-order valence-corrected chi connectivity index (χ0v) is 16.8. The van der Waals surface area contributed by atoms with Gasteiger partial charge in [-0.15, -0.1) is 0 Å². The number of aryl methyl sites for hydroxylation is 2. The smallest absolute Gasteiger partial charge is 0.0619 e. The fourth-order valence-corrected chi connectivity index (χ4v) is 4.16. The van der Waals surface area contributed by atoms with Crippen LogP contribution in [0.5, 0.6) is 0 Å². The molecule has 1 aromatic heterocycles. The van der Waals surface area contributed by atoms with Gasteiger partial charge in [-0.1, -0.05) is 78.9 Å². The number of para-hydroxylation sites is 1. The Balaban J connectivity index is 2.00. The minimum atomic E-state index is 1.18. The maximum Gasteiger partial charge on any atom is 0.0619 e. The summed E-state index contributed by atoms with van der Waals surface area (Å²) in [5.41, 5.74) is 10.1. The summed E-state index contributed by atoms with van der Waals surface area (Å²) < 4.78 is 2.42. The molecule has 4 aromatic carbocycles. The van der Waals surface area contributed by atoms with E-state index in [4.69, 9.17) is 0 Å². The Morgan fingerprint density at radius 1 is 0.552 bits per heavy atom. The Hall–Kier alpha value is -3.58. The molecule has 0 saturated carbocycles. The van der Waals surface area contributed by atoms with Gasteiger partial charge in [0.1, 0.15) is 0 Å². The van der Waals surface area contributed by atoms with Crippen LogP contribution in [0, 0.1) is 13.8 Å². The van der Waals surface area contributed by atoms with E-state index in [9.17, 15) is 0 Å². The molecule has 0 N–H and O–H groups in total. The van der Waals surface area contributed by atoms with Crippen molar-refractivity contribution in [3.05, 3.63) is 114 Å².